The highest BCUT2D eigenvalue weighted by Crippen LogP contribution is 2.24. The van der Waals surface area contributed by atoms with E-state index in [1.807, 2.05) is 35.8 Å². The summed E-state index contributed by atoms with van der Waals surface area (Å²) in [7, 11) is 0. The zero-order chi connectivity index (χ0) is 24.8. The van der Waals surface area contributed by atoms with E-state index in [1.165, 1.54) is 0 Å². The average Bonchev–Trinajstić information content (AvgIpc) is 3.38. The molecule has 1 saturated heterocycles. The SMILES string of the molecule is C=c1cc(N2CCOCC2)c(NC(=O)c2cccc(-c3ccn[nH]3)n2)c/c1=C/[NH2+]CCC(C)(C)O. The molecule has 3 heterocycles. The molecule has 0 saturated carbocycles. The Morgan fingerprint density at radius 3 is 2.83 bits per heavy atom. The lowest BCUT2D eigenvalue weighted by Gasteiger charge is -2.30. The van der Waals surface area contributed by atoms with Gasteiger partial charge < -0.3 is 25.4 Å². The molecule has 0 unspecified atom stereocenters. The molecule has 0 atom stereocenters. The molecule has 4 rings (SSSR count). The number of hydrogen-bond donors (Lipinski definition) is 4. The van der Waals surface area contributed by atoms with Crippen molar-refractivity contribution in [2.45, 2.75) is 25.9 Å². The van der Waals surface area contributed by atoms with Crippen molar-refractivity contribution in [2.24, 2.45) is 0 Å². The second kappa shape index (κ2) is 10.8. The summed E-state index contributed by atoms with van der Waals surface area (Å²) in [5.74, 6) is -0.297. The van der Waals surface area contributed by atoms with E-state index in [2.05, 4.69) is 32.0 Å². The first kappa shape index (κ1) is 24.6. The van der Waals surface area contributed by atoms with Gasteiger partial charge in [-0.15, -0.1) is 0 Å². The Bertz CT molecular complexity index is 1260. The zero-order valence-corrected chi connectivity index (χ0v) is 20.3. The second-order valence-corrected chi connectivity index (χ2v) is 9.25. The molecule has 35 heavy (non-hydrogen) atoms. The summed E-state index contributed by atoms with van der Waals surface area (Å²) < 4.78 is 5.51. The summed E-state index contributed by atoms with van der Waals surface area (Å²) in [4.78, 5) is 19.9. The van der Waals surface area contributed by atoms with Gasteiger partial charge in [0.25, 0.3) is 5.91 Å². The molecule has 9 nitrogen and oxygen atoms in total. The fraction of sp³-hybridized carbons (Fsp3) is 0.346. The van der Waals surface area contributed by atoms with Crippen molar-refractivity contribution in [1.29, 1.82) is 0 Å². The van der Waals surface area contributed by atoms with E-state index in [4.69, 9.17) is 4.74 Å². The fourth-order valence-electron chi connectivity index (χ4n) is 3.91. The number of carbonyl (C=O) groups excluding carboxylic acids is 1. The number of nitrogens with two attached hydrogens (primary N) is 1. The van der Waals surface area contributed by atoms with Gasteiger partial charge in [-0.25, -0.2) is 4.98 Å². The van der Waals surface area contributed by atoms with Crippen molar-refractivity contribution in [3.63, 3.8) is 0 Å². The molecule has 1 aliphatic heterocycles. The number of morpholine rings is 1. The number of ether oxygens (including phenoxy) is 1. The van der Waals surface area contributed by atoms with Crippen LogP contribution in [-0.4, -0.2) is 64.6 Å². The lowest BCUT2D eigenvalue weighted by atomic mass is 10.1. The van der Waals surface area contributed by atoms with Crippen LogP contribution in [0, 0.1) is 0 Å². The predicted octanol–water partition coefficient (Wildman–Crippen LogP) is 0.433. The van der Waals surface area contributed by atoms with E-state index in [1.54, 1.807) is 32.2 Å². The third-order valence-corrected chi connectivity index (χ3v) is 5.84. The number of rotatable bonds is 8. The van der Waals surface area contributed by atoms with E-state index in [0.717, 1.165) is 41.5 Å². The highest BCUT2D eigenvalue weighted by molar-refractivity contribution is 6.05. The number of anilines is 2. The first-order valence-corrected chi connectivity index (χ1v) is 11.8. The minimum Gasteiger partial charge on any atom is -0.390 e. The Morgan fingerprint density at radius 1 is 1.31 bits per heavy atom. The quantitative estimate of drug-likeness (QED) is 0.350. The number of nitrogens with zero attached hydrogens (tertiary/aromatic N) is 3. The molecular weight excluding hydrogens is 444 g/mol. The van der Waals surface area contributed by atoms with Crippen LogP contribution in [0.25, 0.3) is 24.2 Å². The van der Waals surface area contributed by atoms with Crippen molar-refractivity contribution in [2.75, 3.05) is 43.1 Å². The number of benzene rings is 1. The maximum absolute atomic E-state index is 13.2. The summed E-state index contributed by atoms with van der Waals surface area (Å²) in [6.45, 7) is 11.3. The van der Waals surface area contributed by atoms with Crippen LogP contribution >= 0.6 is 0 Å². The van der Waals surface area contributed by atoms with Gasteiger partial charge in [-0.05, 0) is 49.4 Å². The second-order valence-electron chi connectivity index (χ2n) is 9.25. The number of quaternary nitrogens is 1. The summed E-state index contributed by atoms with van der Waals surface area (Å²) in [6, 6.07) is 11.1. The summed E-state index contributed by atoms with van der Waals surface area (Å²) in [6.07, 6.45) is 4.29. The van der Waals surface area contributed by atoms with Gasteiger partial charge in [-0.1, -0.05) is 12.6 Å². The number of pyridine rings is 1. The predicted molar refractivity (Wildman–Crippen MR) is 136 cm³/mol. The van der Waals surface area contributed by atoms with E-state index in [9.17, 15) is 9.90 Å². The topological polar surface area (TPSA) is 120 Å². The monoisotopic (exact) mass is 477 g/mol. The molecule has 184 valence electrons. The van der Waals surface area contributed by atoms with E-state index >= 15 is 0 Å². The van der Waals surface area contributed by atoms with E-state index in [0.29, 0.717) is 36.7 Å². The molecular formula is C26H33N6O3+. The number of carbonyl (C=O) groups is 1. The third-order valence-electron chi connectivity index (χ3n) is 5.84. The molecule has 9 heteroatoms. The summed E-state index contributed by atoms with van der Waals surface area (Å²) in [5.41, 5.74) is 2.59. The van der Waals surface area contributed by atoms with Gasteiger partial charge in [-0.2, -0.15) is 5.10 Å². The van der Waals surface area contributed by atoms with Gasteiger partial charge in [0.15, 0.2) is 0 Å². The first-order chi connectivity index (χ1) is 16.8. The molecule has 1 aliphatic rings. The lowest BCUT2D eigenvalue weighted by molar-refractivity contribution is -0.555. The van der Waals surface area contributed by atoms with Crippen LogP contribution in [0.4, 0.5) is 11.4 Å². The Morgan fingerprint density at radius 2 is 2.11 bits per heavy atom. The maximum atomic E-state index is 13.2. The largest absolute Gasteiger partial charge is 0.390 e. The Balaban J connectivity index is 1.62. The van der Waals surface area contributed by atoms with Crippen LogP contribution in [0.15, 0.2) is 42.6 Å². The Kier molecular flexibility index (Phi) is 7.60. The van der Waals surface area contributed by atoms with Crippen LogP contribution in [0.3, 0.4) is 0 Å². The van der Waals surface area contributed by atoms with Gasteiger partial charge in [0.2, 0.25) is 0 Å². The fourth-order valence-corrected chi connectivity index (χ4v) is 3.91. The highest BCUT2D eigenvalue weighted by atomic mass is 16.5. The van der Waals surface area contributed by atoms with Crippen molar-refractivity contribution < 1.29 is 20.0 Å². The number of H-pyrrole nitrogens is 1. The molecule has 0 aliphatic carbocycles. The Hall–Kier alpha value is -3.53. The normalized spacial score (nSPS) is 14.8. The summed E-state index contributed by atoms with van der Waals surface area (Å²) >= 11 is 0. The number of aromatic amines is 1. The number of aliphatic hydroxyl groups is 1. The van der Waals surface area contributed by atoms with Crippen LogP contribution in [-0.2, 0) is 4.74 Å². The molecule has 1 aromatic carbocycles. The number of aromatic nitrogens is 3. The molecule has 0 spiro atoms. The minimum atomic E-state index is -0.714. The third kappa shape index (κ3) is 6.54. The van der Waals surface area contributed by atoms with Gasteiger partial charge >= 0.3 is 0 Å². The van der Waals surface area contributed by atoms with Crippen molar-refractivity contribution in [1.82, 2.24) is 15.2 Å². The zero-order valence-electron chi connectivity index (χ0n) is 20.3. The van der Waals surface area contributed by atoms with Gasteiger partial charge in [0, 0.05) is 30.9 Å². The van der Waals surface area contributed by atoms with E-state index in [-0.39, 0.29) is 5.91 Å². The molecule has 2 aromatic heterocycles. The van der Waals surface area contributed by atoms with Crippen LogP contribution in [0.5, 0.6) is 0 Å². The number of nitrogens with one attached hydrogen (secondary N) is 2. The molecule has 5 N–H and O–H groups in total. The molecule has 3 aromatic rings. The minimum absolute atomic E-state index is 0.297. The number of amides is 1. The molecule has 1 fully saturated rings. The van der Waals surface area contributed by atoms with E-state index < -0.39 is 5.60 Å². The van der Waals surface area contributed by atoms with Gasteiger partial charge in [0.1, 0.15) is 11.9 Å². The smallest absolute Gasteiger partial charge is 0.274 e. The van der Waals surface area contributed by atoms with Gasteiger partial charge in [-0.3, -0.25) is 9.89 Å². The maximum Gasteiger partial charge on any atom is 0.274 e. The van der Waals surface area contributed by atoms with Gasteiger partial charge in [0.05, 0.1) is 48.1 Å². The molecule has 0 bridgehead atoms. The van der Waals surface area contributed by atoms with Crippen LogP contribution < -0.4 is 26.0 Å². The Labute approximate surface area is 204 Å². The average molecular weight is 478 g/mol. The summed E-state index contributed by atoms with van der Waals surface area (Å²) in [5, 5.41) is 23.7. The van der Waals surface area contributed by atoms with Crippen LogP contribution in [0.2, 0.25) is 0 Å². The highest BCUT2D eigenvalue weighted by Gasteiger charge is 2.18. The van der Waals surface area contributed by atoms with Crippen molar-refractivity contribution in [3.8, 4) is 11.4 Å². The number of hydrogen-bond acceptors (Lipinski definition) is 6. The van der Waals surface area contributed by atoms with Crippen molar-refractivity contribution in [3.05, 3.63) is 58.7 Å². The first-order valence-electron chi connectivity index (χ1n) is 11.8. The lowest BCUT2D eigenvalue weighted by Crippen LogP contribution is -2.79. The van der Waals surface area contributed by atoms with Crippen LogP contribution in [0.1, 0.15) is 30.8 Å². The standard InChI is InChI=1S/C26H32N6O3/c1-18-15-24(32-11-13-35-14-12-32)23(16-19(18)17-27-10-8-26(2,3)34)30-25(33)22-6-4-5-20(29-22)21-7-9-28-31-21/h4-7,9,15-17,27,34H,1,8,10-14H2,2-3H3,(H,28,31)(H,30,33)/p+1/b19-17-. The molecule has 0 radical (unpaired) electrons. The van der Waals surface area contributed by atoms with Crippen molar-refractivity contribution >= 4 is 30.1 Å². The molecule has 1 amide bonds.